The van der Waals surface area contributed by atoms with E-state index in [0.717, 1.165) is 27.8 Å². The van der Waals surface area contributed by atoms with Gasteiger partial charge in [0.05, 0.1) is 6.61 Å². The molecule has 0 fully saturated rings. The van der Waals surface area contributed by atoms with E-state index in [1.165, 1.54) is 6.08 Å². The Morgan fingerprint density at radius 1 is 1.00 bits per heavy atom. The first kappa shape index (κ1) is 15.8. The quantitative estimate of drug-likeness (QED) is 0.680. The zero-order chi connectivity index (χ0) is 16.8. The van der Waals surface area contributed by atoms with E-state index in [1.807, 2.05) is 73.7 Å². The van der Waals surface area contributed by atoms with E-state index in [-0.39, 0.29) is 5.91 Å². The molecule has 1 N–H and O–H groups in total. The second-order valence-electron chi connectivity index (χ2n) is 5.35. The minimum atomic E-state index is -0.153. The van der Waals surface area contributed by atoms with Crippen molar-refractivity contribution in [2.75, 3.05) is 11.9 Å². The average Bonchev–Trinajstić information content (AvgIpc) is 2.62. The molecule has 3 heteroatoms. The molecular formula is C21H19NO2. The van der Waals surface area contributed by atoms with E-state index in [1.54, 1.807) is 6.08 Å². The summed E-state index contributed by atoms with van der Waals surface area (Å²) in [6, 6.07) is 21.5. The molecule has 0 bridgehead atoms. The van der Waals surface area contributed by atoms with Crippen LogP contribution in [0.3, 0.4) is 0 Å². The Hall–Kier alpha value is -3.07. The molecule has 0 atom stereocenters. The first-order valence-electron chi connectivity index (χ1n) is 7.96. The second-order valence-corrected chi connectivity index (χ2v) is 5.35. The van der Waals surface area contributed by atoms with Gasteiger partial charge in [-0.3, -0.25) is 4.79 Å². The van der Waals surface area contributed by atoms with Crippen LogP contribution in [0.25, 0.3) is 16.8 Å². The van der Waals surface area contributed by atoms with Crippen LogP contribution in [0, 0.1) is 0 Å². The summed E-state index contributed by atoms with van der Waals surface area (Å²) in [5.41, 5.74) is 1.76. The largest absolute Gasteiger partial charge is 0.494 e. The number of hydrogen-bond acceptors (Lipinski definition) is 2. The Bertz CT molecular complexity index is 861. The molecule has 0 radical (unpaired) electrons. The predicted octanol–water partition coefficient (Wildman–Crippen LogP) is 4.89. The maximum atomic E-state index is 12.2. The molecule has 0 saturated heterocycles. The lowest BCUT2D eigenvalue weighted by molar-refractivity contribution is -0.111. The van der Waals surface area contributed by atoms with Gasteiger partial charge < -0.3 is 10.1 Å². The number of carbonyl (C=O) groups excluding carboxylic acids is 1. The number of nitrogens with one attached hydrogen (secondary N) is 1. The van der Waals surface area contributed by atoms with E-state index >= 15 is 0 Å². The third-order valence-corrected chi connectivity index (χ3v) is 3.67. The highest BCUT2D eigenvalue weighted by molar-refractivity contribution is 6.07. The van der Waals surface area contributed by atoms with Crippen LogP contribution in [0.5, 0.6) is 5.75 Å². The minimum Gasteiger partial charge on any atom is -0.494 e. The summed E-state index contributed by atoms with van der Waals surface area (Å²) in [7, 11) is 0. The highest BCUT2D eigenvalue weighted by Crippen LogP contribution is 2.23. The minimum absolute atomic E-state index is 0.153. The third kappa shape index (κ3) is 3.82. The van der Waals surface area contributed by atoms with Crippen LogP contribution < -0.4 is 10.1 Å². The first-order chi connectivity index (χ1) is 11.8. The summed E-state index contributed by atoms with van der Waals surface area (Å²) in [5.74, 6) is 0.676. The standard InChI is InChI=1S/C21H19NO2/c1-2-24-18-13-10-16(11-14-18)12-15-21(23)22-20-9-5-7-17-6-3-4-8-19(17)20/h3-15H,2H2,1H3,(H,22,23)/b15-12+. The van der Waals surface area contributed by atoms with E-state index in [9.17, 15) is 4.79 Å². The number of benzene rings is 3. The van der Waals surface area contributed by atoms with Gasteiger partial charge in [0, 0.05) is 17.1 Å². The highest BCUT2D eigenvalue weighted by Gasteiger charge is 2.02. The molecule has 3 aromatic rings. The van der Waals surface area contributed by atoms with Crippen molar-refractivity contribution in [3.8, 4) is 5.75 Å². The summed E-state index contributed by atoms with van der Waals surface area (Å²) >= 11 is 0. The number of ether oxygens (including phenoxy) is 1. The zero-order valence-corrected chi connectivity index (χ0v) is 13.5. The van der Waals surface area contributed by atoms with Crippen molar-refractivity contribution in [3.63, 3.8) is 0 Å². The molecule has 0 unspecified atom stereocenters. The summed E-state index contributed by atoms with van der Waals surface area (Å²) in [6.07, 6.45) is 3.33. The number of anilines is 1. The van der Waals surface area contributed by atoms with Gasteiger partial charge in [0.1, 0.15) is 5.75 Å². The van der Waals surface area contributed by atoms with Crippen LogP contribution in [0.1, 0.15) is 12.5 Å². The van der Waals surface area contributed by atoms with Crippen molar-refractivity contribution in [1.29, 1.82) is 0 Å². The molecule has 3 aromatic carbocycles. The molecule has 0 heterocycles. The van der Waals surface area contributed by atoms with Gasteiger partial charge in [-0.2, -0.15) is 0 Å². The molecule has 3 rings (SSSR count). The monoisotopic (exact) mass is 317 g/mol. The van der Waals surface area contributed by atoms with Gasteiger partial charge in [-0.25, -0.2) is 0 Å². The van der Waals surface area contributed by atoms with Crippen molar-refractivity contribution in [1.82, 2.24) is 0 Å². The van der Waals surface area contributed by atoms with E-state index in [0.29, 0.717) is 6.61 Å². The maximum Gasteiger partial charge on any atom is 0.248 e. The molecule has 1 amide bonds. The summed E-state index contributed by atoms with van der Waals surface area (Å²) < 4.78 is 5.40. The molecule has 0 aliphatic rings. The van der Waals surface area contributed by atoms with Gasteiger partial charge in [-0.1, -0.05) is 48.5 Å². The van der Waals surface area contributed by atoms with Crippen LogP contribution in [0.15, 0.2) is 72.8 Å². The Morgan fingerprint density at radius 2 is 1.75 bits per heavy atom. The lowest BCUT2D eigenvalue weighted by atomic mass is 10.1. The third-order valence-electron chi connectivity index (χ3n) is 3.67. The first-order valence-corrected chi connectivity index (χ1v) is 7.96. The van der Waals surface area contributed by atoms with Gasteiger partial charge in [0.2, 0.25) is 5.91 Å². The normalized spacial score (nSPS) is 10.9. The van der Waals surface area contributed by atoms with Crippen molar-refractivity contribution in [3.05, 3.63) is 78.4 Å². The molecule has 0 spiro atoms. The number of rotatable bonds is 5. The van der Waals surface area contributed by atoms with Crippen molar-refractivity contribution in [2.45, 2.75) is 6.92 Å². The number of amides is 1. The fraction of sp³-hybridized carbons (Fsp3) is 0.0952. The summed E-state index contributed by atoms with van der Waals surface area (Å²) in [6.45, 7) is 2.59. The number of fused-ring (bicyclic) bond motifs is 1. The average molecular weight is 317 g/mol. The smallest absolute Gasteiger partial charge is 0.248 e. The van der Waals surface area contributed by atoms with Crippen LogP contribution in [-0.2, 0) is 4.79 Å². The van der Waals surface area contributed by atoms with Crippen LogP contribution >= 0.6 is 0 Å². The van der Waals surface area contributed by atoms with Gasteiger partial charge in [-0.05, 0) is 42.1 Å². The Kier molecular flexibility index (Phi) is 4.92. The van der Waals surface area contributed by atoms with Crippen LogP contribution in [0.4, 0.5) is 5.69 Å². The topological polar surface area (TPSA) is 38.3 Å². The highest BCUT2D eigenvalue weighted by atomic mass is 16.5. The number of hydrogen-bond donors (Lipinski definition) is 1. The van der Waals surface area contributed by atoms with Crippen LogP contribution in [-0.4, -0.2) is 12.5 Å². The molecular weight excluding hydrogens is 298 g/mol. The Labute approximate surface area is 141 Å². The molecule has 120 valence electrons. The van der Waals surface area contributed by atoms with Gasteiger partial charge in [0.25, 0.3) is 0 Å². The van der Waals surface area contributed by atoms with Gasteiger partial charge in [0.15, 0.2) is 0 Å². The molecule has 24 heavy (non-hydrogen) atoms. The molecule has 0 saturated carbocycles. The lowest BCUT2D eigenvalue weighted by Crippen LogP contribution is -2.07. The van der Waals surface area contributed by atoms with Crippen molar-refractivity contribution >= 4 is 28.4 Å². The molecule has 3 nitrogen and oxygen atoms in total. The maximum absolute atomic E-state index is 12.2. The van der Waals surface area contributed by atoms with E-state index in [2.05, 4.69) is 5.32 Å². The lowest BCUT2D eigenvalue weighted by Gasteiger charge is -2.06. The second kappa shape index (κ2) is 7.47. The summed E-state index contributed by atoms with van der Waals surface area (Å²) in [5, 5.41) is 5.07. The van der Waals surface area contributed by atoms with Crippen molar-refractivity contribution in [2.24, 2.45) is 0 Å². The predicted molar refractivity (Wildman–Crippen MR) is 99.2 cm³/mol. The summed E-state index contributed by atoms with van der Waals surface area (Å²) in [4.78, 5) is 12.2. The van der Waals surface area contributed by atoms with E-state index < -0.39 is 0 Å². The van der Waals surface area contributed by atoms with Gasteiger partial charge >= 0.3 is 0 Å². The fourth-order valence-electron chi connectivity index (χ4n) is 2.52. The Morgan fingerprint density at radius 3 is 2.54 bits per heavy atom. The van der Waals surface area contributed by atoms with Crippen LogP contribution in [0.2, 0.25) is 0 Å². The van der Waals surface area contributed by atoms with Gasteiger partial charge in [-0.15, -0.1) is 0 Å². The fourth-order valence-corrected chi connectivity index (χ4v) is 2.52. The molecule has 0 aliphatic heterocycles. The zero-order valence-electron chi connectivity index (χ0n) is 13.5. The molecule has 0 aromatic heterocycles. The van der Waals surface area contributed by atoms with Crippen molar-refractivity contribution < 1.29 is 9.53 Å². The van der Waals surface area contributed by atoms with E-state index in [4.69, 9.17) is 4.74 Å². The molecule has 0 aliphatic carbocycles. The number of carbonyl (C=O) groups is 1. The Balaban J connectivity index is 1.70. The SMILES string of the molecule is CCOc1ccc(/C=C/C(=O)Nc2cccc3ccccc23)cc1.